The fraction of sp³-hybridized carbons (Fsp3) is 0.625. The maximum atomic E-state index is 10.8. The molecule has 1 heterocycles. The van der Waals surface area contributed by atoms with E-state index < -0.39 is 0 Å². The Labute approximate surface area is 76.3 Å². The van der Waals surface area contributed by atoms with Crippen molar-refractivity contribution in [3.63, 3.8) is 0 Å². The Morgan fingerprint density at radius 1 is 1.92 bits per heavy atom. The quantitative estimate of drug-likeness (QED) is 0.376. The monoisotopic (exact) mass is 190 g/mol. The van der Waals surface area contributed by atoms with Crippen LogP contribution in [0.25, 0.3) is 0 Å². The highest BCUT2D eigenvalue weighted by Gasteiger charge is 2.20. The highest BCUT2D eigenvalue weighted by molar-refractivity contribution is 6.18. The smallest absolute Gasteiger partial charge is 0.333 e. The first-order valence-corrected chi connectivity index (χ1v) is 4.31. The maximum absolute atomic E-state index is 10.8. The molecule has 0 amide bonds. The van der Waals surface area contributed by atoms with Crippen molar-refractivity contribution in [2.24, 2.45) is 0 Å². The van der Waals surface area contributed by atoms with E-state index in [2.05, 4.69) is 4.74 Å². The third-order valence-electron chi connectivity index (χ3n) is 1.68. The number of alkyl halides is 1. The number of methoxy groups -OCH3 is 1. The van der Waals surface area contributed by atoms with Gasteiger partial charge in [-0.15, -0.1) is 11.6 Å². The highest BCUT2D eigenvalue weighted by atomic mass is 35.5. The van der Waals surface area contributed by atoms with Gasteiger partial charge in [0, 0.05) is 6.42 Å². The first-order valence-electron chi connectivity index (χ1n) is 3.77. The fourth-order valence-electron chi connectivity index (χ4n) is 1.04. The van der Waals surface area contributed by atoms with E-state index in [1.807, 2.05) is 0 Å². The Morgan fingerprint density at radius 3 is 3.17 bits per heavy atom. The largest absolute Gasteiger partial charge is 0.493 e. The molecule has 1 rings (SSSR count). The lowest BCUT2D eigenvalue weighted by atomic mass is 10.2. The SMILES string of the molecule is COC(=O)/C=C1/CCC(CCl)O1. The summed E-state index contributed by atoms with van der Waals surface area (Å²) in [5.41, 5.74) is 0. The van der Waals surface area contributed by atoms with Crippen molar-refractivity contribution < 1.29 is 14.3 Å². The molecule has 1 aliphatic heterocycles. The molecule has 1 saturated heterocycles. The molecule has 0 aromatic heterocycles. The summed E-state index contributed by atoms with van der Waals surface area (Å²) in [6, 6.07) is 0. The van der Waals surface area contributed by atoms with Crippen LogP contribution in [0.3, 0.4) is 0 Å². The number of halogens is 1. The van der Waals surface area contributed by atoms with Gasteiger partial charge in [-0.25, -0.2) is 4.79 Å². The molecule has 4 heteroatoms. The molecule has 1 fully saturated rings. The number of esters is 1. The summed E-state index contributed by atoms with van der Waals surface area (Å²) in [7, 11) is 1.34. The van der Waals surface area contributed by atoms with Gasteiger partial charge < -0.3 is 9.47 Å². The van der Waals surface area contributed by atoms with Crippen LogP contribution in [0.15, 0.2) is 11.8 Å². The summed E-state index contributed by atoms with van der Waals surface area (Å²) in [6.07, 6.45) is 3.08. The summed E-state index contributed by atoms with van der Waals surface area (Å²) >= 11 is 5.58. The fourth-order valence-corrected chi connectivity index (χ4v) is 1.26. The van der Waals surface area contributed by atoms with Crippen LogP contribution < -0.4 is 0 Å². The van der Waals surface area contributed by atoms with E-state index in [1.165, 1.54) is 13.2 Å². The van der Waals surface area contributed by atoms with E-state index in [9.17, 15) is 4.79 Å². The maximum Gasteiger partial charge on any atom is 0.333 e. The van der Waals surface area contributed by atoms with Crippen molar-refractivity contribution in [2.45, 2.75) is 18.9 Å². The molecule has 0 aliphatic carbocycles. The molecule has 0 saturated carbocycles. The molecule has 0 radical (unpaired) electrons. The molecule has 0 N–H and O–H groups in total. The lowest BCUT2D eigenvalue weighted by Crippen LogP contribution is -2.05. The molecule has 1 aliphatic rings. The summed E-state index contributed by atoms with van der Waals surface area (Å²) < 4.78 is 9.76. The van der Waals surface area contributed by atoms with Gasteiger partial charge in [-0.05, 0) is 6.42 Å². The molecular formula is C8H11ClO3. The van der Waals surface area contributed by atoms with Crippen LogP contribution in [0, 0.1) is 0 Å². The second-order valence-corrected chi connectivity index (χ2v) is 2.88. The van der Waals surface area contributed by atoms with E-state index in [-0.39, 0.29) is 12.1 Å². The third kappa shape index (κ3) is 2.41. The lowest BCUT2D eigenvalue weighted by Gasteiger charge is -2.04. The van der Waals surface area contributed by atoms with E-state index in [0.717, 1.165) is 12.8 Å². The number of allylic oxidation sites excluding steroid dienone is 1. The number of rotatable bonds is 2. The zero-order valence-electron chi connectivity index (χ0n) is 6.88. The van der Waals surface area contributed by atoms with Gasteiger partial charge in [-0.2, -0.15) is 0 Å². The summed E-state index contributed by atoms with van der Waals surface area (Å²) in [6.45, 7) is 0. The number of hydrogen-bond donors (Lipinski definition) is 0. The first-order chi connectivity index (χ1) is 5.76. The summed E-state index contributed by atoms with van der Waals surface area (Å²) in [5, 5.41) is 0. The van der Waals surface area contributed by atoms with Crippen LogP contribution in [-0.2, 0) is 14.3 Å². The molecule has 1 atom stereocenters. The molecule has 0 spiro atoms. The summed E-state index contributed by atoms with van der Waals surface area (Å²) in [4.78, 5) is 10.8. The van der Waals surface area contributed by atoms with Crippen molar-refractivity contribution in [1.82, 2.24) is 0 Å². The Kier molecular flexibility index (Phi) is 3.41. The molecular weight excluding hydrogens is 180 g/mol. The molecule has 0 aromatic rings. The Hall–Kier alpha value is -0.700. The predicted octanol–water partition coefficient (Wildman–Crippen LogP) is 1.46. The van der Waals surface area contributed by atoms with Crippen LogP contribution in [0.1, 0.15) is 12.8 Å². The minimum atomic E-state index is -0.375. The number of carbonyl (C=O) groups excluding carboxylic acids is 1. The topological polar surface area (TPSA) is 35.5 Å². The molecule has 68 valence electrons. The van der Waals surface area contributed by atoms with Crippen LogP contribution >= 0.6 is 11.6 Å². The van der Waals surface area contributed by atoms with E-state index in [4.69, 9.17) is 16.3 Å². The van der Waals surface area contributed by atoms with Crippen molar-refractivity contribution >= 4 is 17.6 Å². The lowest BCUT2D eigenvalue weighted by molar-refractivity contribution is -0.135. The van der Waals surface area contributed by atoms with Crippen molar-refractivity contribution in [3.05, 3.63) is 11.8 Å². The molecule has 0 bridgehead atoms. The minimum absolute atomic E-state index is 0.0579. The Bertz CT molecular complexity index is 200. The van der Waals surface area contributed by atoms with Crippen molar-refractivity contribution in [3.8, 4) is 0 Å². The van der Waals surface area contributed by atoms with Gasteiger partial charge >= 0.3 is 5.97 Å². The van der Waals surface area contributed by atoms with Crippen LogP contribution in [-0.4, -0.2) is 25.1 Å². The van der Waals surface area contributed by atoms with Gasteiger partial charge in [0.15, 0.2) is 0 Å². The normalized spacial score (nSPS) is 25.5. The molecule has 1 unspecified atom stereocenters. The number of hydrogen-bond acceptors (Lipinski definition) is 3. The first kappa shape index (κ1) is 9.39. The average molecular weight is 191 g/mol. The van der Waals surface area contributed by atoms with Crippen molar-refractivity contribution in [1.29, 1.82) is 0 Å². The van der Waals surface area contributed by atoms with Crippen molar-refractivity contribution in [2.75, 3.05) is 13.0 Å². The second-order valence-electron chi connectivity index (χ2n) is 2.57. The van der Waals surface area contributed by atoms with Crippen LogP contribution in [0.4, 0.5) is 0 Å². The van der Waals surface area contributed by atoms with Crippen LogP contribution in [0.5, 0.6) is 0 Å². The Morgan fingerprint density at radius 2 is 2.67 bits per heavy atom. The molecule has 12 heavy (non-hydrogen) atoms. The predicted molar refractivity (Wildman–Crippen MR) is 44.9 cm³/mol. The standard InChI is InChI=1S/C8H11ClO3/c1-11-8(10)4-6-2-3-7(5-9)12-6/h4,7H,2-3,5H2,1H3/b6-4-. The minimum Gasteiger partial charge on any atom is -0.493 e. The van der Waals surface area contributed by atoms with Gasteiger partial charge in [0.1, 0.15) is 11.9 Å². The molecule has 3 nitrogen and oxygen atoms in total. The van der Waals surface area contributed by atoms with Gasteiger partial charge in [-0.1, -0.05) is 0 Å². The number of carbonyl (C=O) groups is 1. The highest BCUT2D eigenvalue weighted by Crippen LogP contribution is 2.23. The zero-order valence-corrected chi connectivity index (χ0v) is 7.63. The third-order valence-corrected chi connectivity index (χ3v) is 2.03. The van der Waals surface area contributed by atoms with Gasteiger partial charge in [-0.3, -0.25) is 0 Å². The molecule has 0 aromatic carbocycles. The Balaban J connectivity index is 2.45. The number of ether oxygens (including phenoxy) is 2. The van der Waals surface area contributed by atoms with E-state index in [0.29, 0.717) is 11.6 Å². The average Bonchev–Trinajstić information content (AvgIpc) is 2.52. The zero-order chi connectivity index (χ0) is 8.97. The van der Waals surface area contributed by atoms with Gasteiger partial charge in [0.25, 0.3) is 0 Å². The van der Waals surface area contributed by atoms with Gasteiger partial charge in [0.2, 0.25) is 0 Å². The van der Waals surface area contributed by atoms with E-state index in [1.54, 1.807) is 0 Å². The van der Waals surface area contributed by atoms with E-state index >= 15 is 0 Å². The summed E-state index contributed by atoms with van der Waals surface area (Å²) in [5.74, 6) is 0.770. The second kappa shape index (κ2) is 4.36. The van der Waals surface area contributed by atoms with Gasteiger partial charge in [0.05, 0.1) is 19.1 Å². The van der Waals surface area contributed by atoms with Crippen LogP contribution in [0.2, 0.25) is 0 Å².